The molecule has 1 aromatic carbocycles. The van der Waals surface area contributed by atoms with Gasteiger partial charge in [-0.3, -0.25) is 9.89 Å². The van der Waals surface area contributed by atoms with Crippen LogP contribution in [-0.4, -0.2) is 44.2 Å². The van der Waals surface area contributed by atoms with Crippen LogP contribution in [-0.2, 0) is 0 Å². The molecule has 2 aromatic heterocycles. The number of aromatic hydroxyl groups is 1. The fraction of sp³-hybridized carbons (Fsp3) is 0.409. The van der Waals surface area contributed by atoms with E-state index in [0.29, 0.717) is 39.7 Å². The number of carbonyl (C=O) groups excluding carboxylic acids is 1. The average Bonchev–Trinajstić information content (AvgIpc) is 3.10. The number of fused-ring (bicyclic) bond motifs is 1. The number of nitrogens with zero attached hydrogens (tertiary/aromatic N) is 3. The maximum Gasteiger partial charge on any atom is 0.254 e. The van der Waals surface area contributed by atoms with Crippen LogP contribution in [0.2, 0.25) is 0 Å². The van der Waals surface area contributed by atoms with Gasteiger partial charge in [0.15, 0.2) is 17.2 Å². The predicted molar refractivity (Wildman–Crippen MR) is 109 cm³/mol. The number of hydrogen-bond acceptors (Lipinski definition) is 4. The first-order chi connectivity index (χ1) is 13.9. The summed E-state index contributed by atoms with van der Waals surface area (Å²) in [6.45, 7) is 7.73. The van der Waals surface area contributed by atoms with Crippen LogP contribution in [0, 0.1) is 24.6 Å². The van der Waals surface area contributed by atoms with Gasteiger partial charge >= 0.3 is 0 Å². The number of nitrogens with one attached hydrogen (secondary N) is 1. The predicted octanol–water partition coefficient (Wildman–Crippen LogP) is 4.29. The summed E-state index contributed by atoms with van der Waals surface area (Å²) in [5, 5.41) is 17.3. The first-order valence-electron chi connectivity index (χ1n) is 10.0. The van der Waals surface area contributed by atoms with E-state index in [2.05, 4.69) is 29.0 Å². The van der Waals surface area contributed by atoms with Gasteiger partial charge in [-0.25, -0.2) is 9.37 Å². The second-order valence-electron chi connectivity index (χ2n) is 7.95. The van der Waals surface area contributed by atoms with E-state index in [4.69, 9.17) is 0 Å². The van der Waals surface area contributed by atoms with E-state index in [1.807, 2.05) is 11.8 Å². The van der Waals surface area contributed by atoms with Crippen LogP contribution in [0.25, 0.3) is 22.3 Å². The van der Waals surface area contributed by atoms with Crippen LogP contribution in [0.15, 0.2) is 24.3 Å². The van der Waals surface area contributed by atoms with Gasteiger partial charge < -0.3 is 10.0 Å². The number of likely N-dealkylation sites (tertiary alicyclic amines) is 1. The number of phenolic OH excluding ortho intramolecular Hbond substituents is 1. The van der Waals surface area contributed by atoms with Crippen LogP contribution in [0.5, 0.6) is 5.75 Å². The number of halogens is 1. The van der Waals surface area contributed by atoms with Crippen molar-refractivity contribution >= 4 is 16.9 Å². The first kappa shape index (κ1) is 19.4. The van der Waals surface area contributed by atoms with Crippen LogP contribution in [0.1, 0.15) is 42.7 Å². The largest absolute Gasteiger partial charge is 0.505 e. The number of carbonyl (C=O) groups is 1. The molecular weight excluding hydrogens is 371 g/mol. The minimum atomic E-state index is -0.730. The van der Waals surface area contributed by atoms with E-state index < -0.39 is 11.6 Å². The Kier molecular flexibility index (Phi) is 4.98. The molecular formula is C22H25FN4O2. The third-order valence-corrected chi connectivity index (χ3v) is 6.10. The SMILES string of the molecule is CC[C@H]1CN(C(=O)c2cc(-c3ccc(O)c(F)c3)nc3n[nH]c(C)c23)CC[C@H]1C. The molecule has 1 saturated heterocycles. The minimum absolute atomic E-state index is 0.0484. The quantitative estimate of drug-likeness (QED) is 0.692. The Labute approximate surface area is 168 Å². The van der Waals surface area contributed by atoms with Gasteiger partial charge in [0.05, 0.1) is 16.6 Å². The molecule has 3 heterocycles. The summed E-state index contributed by atoms with van der Waals surface area (Å²) >= 11 is 0. The molecule has 2 N–H and O–H groups in total. The van der Waals surface area contributed by atoms with E-state index in [0.717, 1.165) is 31.6 Å². The number of amides is 1. The third-order valence-electron chi connectivity index (χ3n) is 6.10. The van der Waals surface area contributed by atoms with Gasteiger partial charge in [0, 0.05) is 24.3 Å². The van der Waals surface area contributed by atoms with Gasteiger partial charge in [-0.15, -0.1) is 0 Å². The Morgan fingerprint density at radius 2 is 2.17 bits per heavy atom. The maximum atomic E-state index is 13.9. The molecule has 152 valence electrons. The number of piperidine rings is 1. The molecule has 1 amide bonds. The summed E-state index contributed by atoms with van der Waals surface area (Å²) < 4.78 is 13.9. The number of hydrogen-bond donors (Lipinski definition) is 2. The van der Waals surface area contributed by atoms with E-state index in [1.165, 1.54) is 12.1 Å². The number of aromatic amines is 1. The highest BCUT2D eigenvalue weighted by atomic mass is 19.1. The first-order valence-corrected chi connectivity index (χ1v) is 10.0. The lowest BCUT2D eigenvalue weighted by Crippen LogP contribution is -2.43. The van der Waals surface area contributed by atoms with Crippen molar-refractivity contribution in [1.29, 1.82) is 0 Å². The van der Waals surface area contributed by atoms with Crippen molar-refractivity contribution in [2.45, 2.75) is 33.6 Å². The highest BCUT2D eigenvalue weighted by molar-refractivity contribution is 6.07. The zero-order valence-corrected chi connectivity index (χ0v) is 16.9. The summed E-state index contributed by atoms with van der Waals surface area (Å²) in [4.78, 5) is 19.9. The molecule has 0 bridgehead atoms. The van der Waals surface area contributed by atoms with Crippen LogP contribution < -0.4 is 0 Å². The molecule has 6 nitrogen and oxygen atoms in total. The standard InChI is InChI=1S/C22H25FN4O2/c1-4-14-11-27(8-7-12(14)2)22(29)16-10-18(15-5-6-19(28)17(23)9-15)24-21-20(16)13(3)25-26-21/h5-6,9-10,12,14,28H,4,7-8,11H2,1-3H3,(H,24,25,26)/t12-,14+/m1/s1. The Morgan fingerprint density at radius 1 is 1.38 bits per heavy atom. The van der Waals surface area contributed by atoms with Crippen LogP contribution >= 0.6 is 0 Å². The number of pyridine rings is 1. The molecule has 1 fully saturated rings. The van der Waals surface area contributed by atoms with Crippen molar-refractivity contribution < 1.29 is 14.3 Å². The lowest BCUT2D eigenvalue weighted by molar-refractivity contribution is 0.0607. The van der Waals surface area contributed by atoms with Gasteiger partial charge in [-0.2, -0.15) is 5.10 Å². The molecule has 0 unspecified atom stereocenters. The third kappa shape index (κ3) is 3.45. The molecule has 0 saturated carbocycles. The Hall–Kier alpha value is -2.96. The maximum absolute atomic E-state index is 13.9. The van der Waals surface area contributed by atoms with Crippen LogP contribution in [0.4, 0.5) is 4.39 Å². The lowest BCUT2D eigenvalue weighted by Gasteiger charge is -2.37. The van der Waals surface area contributed by atoms with Crippen molar-refractivity contribution in [2.75, 3.05) is 13.1 Å². The van der Waals surface area contributed by atoms with E-state index in [9.17, 15) is 14.3 Å². The molecule has 2 atom stereocenters. The minimum Gasteiger partial charge on any atom is -0.505 e. The van der Waals surface area contributed by atoms with Crippen molar-refractivity contribution in [1.82, 2.24) is 20.1 Å². The Bertz CT molecular complexity index is 1080. The summed E-state index contributed by atoms with van der Waals surface area (Å²) in [6, 6.07) is 5.78. The molecule has 1 aliphatic rings. The highest BCUT2D eigenvalue weighted by Crippen LogP contribution is 2.31. The van der Waals surface area contributed by atoms with Gasteiger partial charge in [0.25, 0.3) is 5.91 Å². The van der Waals surface area contributed by atoms with Crippen molar-refractivity contribution in [2.24, 2.45) is 11.8 Å². The van der Waals surface area contributed by atoms with Crippen LogP contribution in [0.3, 0.4) is 0 Å². The average molecular weight is 396 g/mol. The number of aryl methyl sites for hydroxylation is 1. The Morgan fingerprint density at radius 3 is 2.90 bits per heavy atom. The summed E-state index contributed by atoms with van der Waals surface area (Å²) in [5.74, 6) is -0.109. The topological polar surface area (TPSA) is 82.1 Å². The van der Waals surface area contributed by atoms with Crippen molar-refractivity contribution in [3.8, 4) is 17.0 Å². The molecule has 7 heteroatoms. The second-order valence-corrected chi connectivity index (χ2v) is 7.95. The summed E-state index contributed by atoms with van der Waals surface area (Å²) in [5.41, 5.74) is 2.65. The lowest BCUT2D eigenvalue weighted by atomic mass is 9.85. The normalized spacial score (nSPS) is 19.7. The Balaban J connectivity index is 1.79. The molecule has 29 heavy (non-hydrogen) atoms. The van der Waals surface area contributed by atoms with Crippen molar-refractivity contribution in [3.05, 3.63) is 41.3 Å². The number of benzene rings is 1. The number of H-pyrrole nitrogens is 1. The van der Waals surface area contributed by atoms with Gasteiger partial charge in [-0.05, 0) is 49.4 Å². The van der Waals surface area contributed by atoms with E-state index >= 15 is 0 Å². The number of phenols is 1. The molecule has 0 spiro atoms. The fourth-order valence-electron chi connectivity index (χ4n) is 4.19. The fourth-order valence-corrected chi connectivity index (χ4v) is 4.19. The smallest absolute Gasteiger partial charge is 0.254 e. The van der Waals surface area contributed by atoms with E-state index in [-0.39, 0.29) is 5.91 Å². The highest BCUT2D eigenvalue weighted by Gasteiger charge is 2.30. The van der Waals surface area contributed by atoms with E-state index in [1.54, 1.807) is 12.1 Å². The zero-order valence-electron chi connectivity index (χ0n) is 16.9. The number of aromatic nitrogens is 3. The zero-order chi connectivity index (χ0) is 20.7. The molecule has 1 aliphatic heterocycles. The molecule has 0 aliphatic carbocycles. The number of rotatable bonds is 3. The monoisotopic (exact) mass is 396 g/mol. The van der Waals surface area contributed by atoms with Gasteiger partial charge in [0.2, 0.25) is 0 Å². The summed E-state index contributed by atoms with van der Waals surface area (Å²) in [7, 11) is 0. The van der Waals surface area contributed by atoms with Gasteiger partial charge in [-0.1, -0.05) is 20.3 Å². The van der Waals surface area contributed by atoms with Crippen molar-refractivity contribution in [3.63, 3.8) is 0 Å². The molecule has 4 rings (SSSR count). The summed E-state index contributed by atoms with van der Waals surface area (Å²) in [6.07, 6.45) is 2.03. The van der Waals surface area contributed by atoms with Gasteiger partial charge in [0.1, 0.15) is 0 Å². The molecule has 3 aromatic rings. The second kappa shape index (κ2) is 7.46. The molecule has 0 radical (unpaired) electrons.